The molecule has 1 aromatic carbocycles. The number of benzene rings is 1. The van der Waals surface area contributed by atoms with E-state index in [1.54, 1.807) is 0 Å². The number of carbonyl (C=O) groups is 1. The van der Waals surface area contributed by atoms with Crippen LogP contribution in [0.4, 0.5) is 0 Å². The highest BCUT2D eigenvalue weighted by molar-refractivity contribution is 6.30. The molecule has 0 spiro atoms. The standard InChI is InChI=1S/C16H16ClN3O3/c17-12-3-1-11(2-4-12)16(5-6-16)15(21)20-7-8-22-13(9-20)14-18-10-23-19-14/h1-4,10,13H,5-9H2. The first-order chi connectivity index (χ1) is 11.2. The molecule has 1 unspecified atom stereocenters. The monoisotopic (exact) mass is 333 g/mol. The maximum Gasteiger partial charge on any atom is 0.233 e. The summed E-state index contributed by atoms with van der Waals surface area (Å²) in [4.78, 5) is 18.9. The molecule has 1 amide bonds. The second kappa shape index (κ2) is 5.62. The second-order valence-corrected chi connectivity index (χ2v) is 6.43. The lowest BCUT2D eigenvalue weighted by Gasteiger charge is -2.34. The molecule has 6 nitrogen and oxygen atoms in total. The number of aromatic nitrogens is 2. The van der Waals surface area contributed by atoms with Gasteiger partial charge in [-0.3, -0.25) is 4.79 Å². The zero-order valence-corrected chi connectivity index (χ0v) is 13.2. The van der Waals surface area contributed by atoms with Crippen LogP contribution in [0.25, 0.3) is 0 Å². The molecule has 23 heavy (non-hydrogen) atoms. The zero-order chi connectivity index (χ0) is 15.9. The van der Waals surface area contributed by atoms with E-state index >= 15 is 0 Å². The predicted molar refractivity (Wildman–Crippen MR) is 81.9 cm³/mol. The van der Waals surface area contributed by atoms with Crippen LogP contribution in [-0.2, 0) is 14.9 Å². The van der Waals surface area contributed by atoms with Gasteiger partial charge in [0.05, 0.1) is 18.6 Å². The van der Waals surface area contributed by atoms with Gasteiger partial charge in [-0.25, -0.2) is 0 Å². The maximum atomic E-state index is 13.1. The van der Waals surface area contributed by atoms with Crippen LogP contribution in [-0.4, -0.2) is 40.6 Å². The van der Waals surface area contributed by atoms with Crippen molar-refractivity contribution in [2.24, 2.45) is 0 Å². The number of hydrogen-bond acceptors (Lipinski definition) is 5. The highest BCUT2D eigenvalue weighted by Gasteiger charge is 2.53. The lowest BCUT2D eigenvalue weighted by atomic mass is 9.94. The number of hydrogen-bond donors (Lipinski definition) is 0. The van der Waals surface area contributed by atoms with Crippen LogP contribution < -0.4 is 0 Å². The molecule has 7 heteroatoms. The maximum absolute atomic E-state index is 13.1. The Kier molecular flexibility index (Phi) is 3.58. The summed E-state index contributed by atoms with van der Waals surface area (Å²) in [6.07, 6.45) is 2.69. The van der Waals surface area contributed by atoms with Gasteiger partial charge < -0.3 is 14.2 Å². The van der Waals surface area contributed by atoms with Gasteiger partial charge in [0, 0.05) is 11.6 Å². The Hall–Kier alpha value is -1.92. The number of morpholine rings is 1. The smallest absolute Gasteiger partial charge is 0.233 e. The van der Waals surface area contributed by atoms with E-state index in [2.05, 4.69) is 10.1 Å². The first kappa shape index (κ1) is 14.7. The molecule has 1 saturated carbocycles. The Morgan fingerprint density at radius 2 is 2.09 bits per heavy atom. The van der Waals surface area contributed by atoms with E-state index in [9.17, 15) is 4.79 Å². The third kappa shape index (κ3) is 2.62. The van der Waals surface area contributed by atoms with E-state index in [0.717, 1.165) is 18.4 Å². The molecule has 1 aliphatic carbocycles. The van der Waals surface area contributed by atoms with Crippen molar-refractivity contribution in [2.45, 2.75) is 24.4 Å². The second-order valence-electron chi connectivity index (χ2n) is 5.99. The minimum absolute atomic E-state index is 0.150. The number of halogens is 1. The molecule has 0 radical (unpaired) electrons. The molecule has 1 aliphatic heterocycles. The van der Waals surface area contributed by atoms with Crippen molar-refractivity contribution in [1.82, 2.24) is 15.0 Å². The summed E-state index contributed by atoms with van der Waals surface area (Å²) in [6.45, 7) is 1.51. The summed E-state index contributed by atoms with van der Waals surface area (Å²) >= 11 is 5.95. The van der Waals surface area contributed by atoms with E-state index in [4.69, 9.17) is 20.9 Å². The zero-order valence-electron chi connectivity index (χ0n) is 12.4. The van der Waals surface area contributed by atoms with Gasteiger partial charge in [-0.15, -0.1) is 0 Å². The fourth-order valence-corrected chi connectivity index (χ4v) is 3.26. The largest absolute Gasteiger partial charge is 0.366 e. The van der Waals surface area contributed by atoms with E-state index in [0.29, 0.717) is 30.5 Å². The normalized spacial score (nSPS) is 22.8. The quantitative estimate of drug-likeness (QED) is 0.862. The van der Waals surface area contributed by atoms with E-state index in [1.165, 1.54) is 6.39 Å². The number of carbonyl (C=O) groups excluding carboxylic acids is 1. The van der Waals surface area contributed by atoms with Gasteiger partial charge in [0.25, 0.3) is 0 Å². The first-order valence-corrected chi connectivity index (χ1v) is 8.00. The summed E-state index contributed by atoms with van der Waals surface area (Å²) in [6, 6.07) is 7.58. The Morgan fingerprint density at radius 1 is 1.30 bits per heavy atom. The Morgan fingerprint density at radius 3 is 2.74 bits per heavy atom. The number of ether oxygens (including phenoxy) is 1. The summed E-state index contributed by atoms with van der Waals surface area (Å²) in [7, 11) is 0. The van der Waals surface area contributed by atoms with Gasteiger partial charge in [0.15, 0.2) is 0 Å². The van der Waals surface area contributed by atoms with Gasteiger partial charge in [0.1, 0.15) is 6.10 Å². The van der Waals surface area contributed by atoms with Crippen LogP contribution in [0.3, 0.4) is 0 Å². The van der Waals surface area contributed by atoms with E-state index < -0.39 is 5.41 Å². The van der Waals surface area contributed by atoms with Crippen molar-refractivity contribution in [3.05, 3.63) is 47.1 Å². The van der Waals surface area contributed by atoms with Gasteiger partial charge >= 0.3 is 0 Å². The minimum Gasteiger partial charge on any atom is -0.366 e. The third-order valence-electron chi connectivity index (χ3n) is 4.58. The average molecular weight is 334 g/mol. The molecule has 2 aliphatic rings. The summed E-state index contributed by atoms with van der Waals surface area (Å²) in [5, 5.41) is 4.50. The van der Waals surface area contributed by atoms with Gasteiger partial charge in [-0.1, -0.05) is 28.9 Å². The molecule has 0 N–H and O–H groups in total. The van der Waals surface area contributed by atoms with Gasteiger partial charge in [-0.2, -0.15) is 4.98 Å². The molecule has 2 aromatic rings. The summed E-state index contributed by atoms with van der Waals surface area (Å²) in [5.41, 5.74) is 0.638. The van der Waals surface area contributed by atoms with Crippen molar-refractivity contribution in [3.8, 4) is 0 Å². The van der Waals surface area contributed by atoms with Crippen LogP contribution in [0.5, 0.6) is 0 Å². The minimum atomic E-state index is -0.399. The van der Waals surface area contributed by atoms with Crippen molar-refractivity contribution < 1.29 is 14.1 Å². The number of nitrogens with zero attached hydrogens (tertiary/aromatic N) is 3. The molecular weight excluding hydrogens is 318 g/mol. The van der Waals surface area contributed by atoms with Crippen molar-refractivity contribution in [3.63, 3.8) is 0 Å². The van der Waals surface area contributed by atoms with Crippen LogP contribution in [0, 0.1) is 0 Å². The lowest BCUT2D eigenvalue weighted by molar-refractivity contribution is -0.142. The van der Waals surface area contributed by atoms with Crippen molar-refractivity contribution >= 4 is 17.5 Å². The molecule has 120 valence electrons. The SMILES string of the molecule is O=C(N1CCOC(c2ncon2)C1)C1(c2ccc(Cl)cc2)CC1. The number of rotatable bonds is 3. The molecule has 1 saturated heterocycles. The summed E-state index contributed by atoms with van der Waals surface area (Å²) < 4.78 is 10.4. The highest BCUT2D eigenvalue weighted by atomic mass is 35.5. The predicted octanol–water partition coefficient (Wildman–Crippen LogP) is 2.35. The van der Waals surface area contributed by atoms with Crippen LogP contribution in [0.2, 0.25) is 5.02 Å². The Labute approximate surface area is 138 Å². The molecule has 2 fully saturated rings. The summed E-state index contributed by atoms with van der Waals surface area (Å²) in [5.74, 6) is 0.635. The Bertz CT molecular complexity index is 698. The highest BCUT2D eigenvalue weighted by Crippen LogP contribution is 2.50. The van der Waals surface area contributed by atoms with Gasteiger partial charge in [0.2, 0.25) is 18.1 Å². The van der Waals surface area contributed by atoms with Crippen LogP contribution in [0.15, 0.2) is 35.2 Å². The first-order valence-electron chi connectivity index (χ1n) is 7.62. The van der Waals surface area contributed by atoms with Crippen molar-refractivity contribution in [1.29, 1.82) is 0 Å². The average Bonchev–Trinajstić information content (AvgIpc) is 3.20. The Balaban J connectivity index is 1.53. The van der Waals surface area contributed by atoms with E-state index in [-0.39, 0.29) is 12.0 Å². The fourth-order valence-electron chi connectivity index (χ4n) is 3.13. The molecule has 1 atom stereocenters. The van der Waals surface area contributed by atoms with Crippen molar-refractivity contribution in [2.75, 3.05) is 19.7 Å². The molecule has 2 heterocycles. The van der Waals surface area contributed by atoms with Crippen LogP contribution in [0.1, 0.15) is 30.3 Å². The number of amides is 1. The molecule has 4 rings (SSSR count). The van der Waals surface area contributed by atoms with E-state index in [1.807, 2.05) is 29.2 Å². The van der Waals surface area contributed by atoms with Crippen LogP contribution >= 0.6 is 11.6 Å². The molecular formula is C16H16ClN3O3. The fraction of sp³-hybridized carbons (Fsp3) is 0.438. The lowest BCUT2D eigenvalue weighted by Crippen LogP contribution is -2.47. The topological polar surface area (TPSA) is 68.5 Å². The molecule has 0 bridgehead atoms. The molecule has 1 aromatic heterocycles. The van der Waals surface area contributed by atoms with Gasteiger partial charge in [-0.05, 0) is 30.5 Å². The third-order valence-corrected chi connectivity index (χ3v) is 4.83.